The molecule has 0 aliphatic carbocycles. The highest BCUT2D eigenvalue weighted by Crippen LogP contribution is 2.23. The molecule has 1 unspecified atom stereocenters. The van der Waals surface area contributed by atoms with Gasteiger partial charge in [-0.1, -0.05) is 30.9 Å². The zero-order chi connectivity index (χ0) is 15.5. The summed E-state index contributed by atoms with van der Waals surface area (Å²) in [6, 6.07) is 6.20. The van der Waals surface area contributed by atoms with E-state index in [1.165, 1.54) is 0 Å². The Morgan fingerprint density at radius 1 is 1.43 bits per heavy atom. The van der Waals surface area contributed by atoms with Crippen molar-refractivity contribution in [3.8, 4) is 0 Å². The fourth-order valence-corrected chi connectivity index (χ4v) is 2.67. The minimum atomic E-state index is -4.08. The topological polar surface area (TPSA) is 15.3 Å². The molecule has 116 valence electrons. The van der Waals surface area contributed by atoms with Crippen molar-refractivity contribution in [2.75, 3.05) is 26.2 Å². The zero-order valence-corrected chi connectivity index (χ0v) is 12.2. The summed E-state index contributed by atoms with van der Waals surface area (Å²) >= 11 is 0. The van der Waals surface area contributed by atoms with Crippen molar-refractivity contribution in [3.05, 3.63) is 41.5 Å². The van der Waals surface area contributed by atoms with Gasteiger partial charge in [0.25, 0.3) is 0 Å². The Balaban J connectivity index is 2.00. The lowest BCUT2D eigenvalue weighted by Crippen LogP contribution is -2.46. The maximum atomic E-state index is 12.3. The molecule has 0 spiro atoms. The number of benzene rings is 1. The SMILES string of the molecule is C=Cc1ccc(C2CN(CCC(F)(F)F)CCN2)cc1C. The predicted octanol–water partition coefficient (Wildman–Crippen LogP) is 3.54. The lowest BCUT2D eigenvalue weighted by molar-refractivity contribution is -0.138. The molecule has 2 rings (SSSR count). The largest absolute Gasteiger partial charge is 0.390 e. The van der Waals surface area contributed by atoms with Gasteiger partial charge in [-0.05, 0) is 23.6 Å². The molecule has 1 aromatic rings. The van der Waals surface area contributed by atoms with Gasteiger partial charge < -0.3 is 5.32 Å². The van der Waals surface area contributed by atoms with Crippen molar-refractivity contribution in [2.45, 2.75) is 25.6 Å². The summed E-state index contributed by atoms with van der Waals surface area (Å²) in [7, 11) is 0. The van der Waals surface area contributed by atoms with Crippen LogP contribution in [-0.2, 0) is 0 Å². The van der Waals surface area contributed by atoms with E-state index in [1.54, 1.807) is 0 Å². The molecule has 1 N–H and O–H groups in total. The van der Waals surface area contributed by atoms with Crippen LogP contribution in [-0.4, -0.2) is 37.3 Å². The molecular weight excluding hydrogens is 277 g/mol. The second-order valence-corrected chi connectivity index (χ2v) is 5.49. The second kappa shape index (κ2) is 6.62. The molecule has 2 nitrogen and oxygen atoms in total. The van der Waals surface area contributed by atoms with Gasteiger partial charge in [-0.2, -0.15) is 13.2 Å². The van der Waals surface area contributed by atoms with Crippen LogP contribution in [0.1, 0.15) is 29.2 Å². The Bertz CT molecular complexity index is 497. The molecule has 0 bridgehead atoms. The minimum absolute atomic E-state index is 0.0748. The van der Waals surface area contributed by atoms with E-state index in [2.05, 4.69) is 18.0 Å². The first-order chi connectivity index (χ1) is 9.89. The summed E-state index contributed by atoms with van der Waals surface area (Å²) < 4.78 is 36.9. The van der Waals surface area contributed by atoms with Crippen LogP contribution in [0, 0.1) is 6.92 Å². The molecule has 1 saturated heterocycles. The Labute approximate surface area is 123 Å². The quantitative estimate of drug-likeness (QED) is 0.914. The van der Waals surface area contributed by atoms with Gasteiger partial charge in [-0.25, -0.2) is 0 Å². The van der Waals surface area contributed by atoms with Crippen LogP contribution in [0.3, 0.4) is 0 Å². The van der Waals surface area contributed by atoms with Gasteiger partial charge in [0.2, 0.25) is 0 Å². The molecule has 5 heteroatoms. The molecule has 1 atom stereocenters. The van der Waals surface area contributed by atoms with Crippen LogP contribution in [0.25, 0.3) is 6.08 Å². The third-order valence-electron chi connectivity index (χ3n) is 3.89. The maximum absolute atomic E-state index is 12.3. The number of hydrogen-bond donors (Lipinski definition) is 1. The first-order valence-electron chi connectivity index (χ1n) is 7.14. The normalized spacial score (nSPS) is 20.5. The van der Waals surface area contributed by atoms with Gasteiger partial charge in [0.05, 0.1) is 6.42 Å². The molecule has 1 aromatic carbocycles. The summed E-state index contributed by atoms with van der Waals surface area (Å²) in [6.07, 6.45) is -3.01. The predicted molar refractivity (Wildman–Crippen MR) is 79.1 cm³/mol. The van der Waals surface area contributed by atoms with Crippen molar-refractivity contribution in [1.82, 2.24) is 10.2 Å². The van der Waals surface area contributed by atoms with E-state index in [0.717, 1.165) is 16.7 Å². The van der Waals surface area contributed by atoms with Gasteiger partial charge in [0.1, 0.15) is 0 Å². The zero-order valence-electron chi connectivity index (χ0n) is 12.2. The van der Waals surface area contributed by atoms with Crippen molar-refractivity contribution >= 4 is 6.08 Å². The molecule has 0 saturated carbocycles. The van der Waals surface area contributed by atoms with E-state index in [-0.39, 0.29) is 12.6 Å². The van der Waals surface area contributed by atoms with E-state index in [1.807, 2.05) is 30.0 Å². The van der Waals surface area contributed by atoms with Gasteiger partial charge >= 0.3 is 6.18 Å². The van der Waals surface area contributed by atoms with Crippen LogP contribution in [0.4, 0.5) is 13.2 Å². The molecule has 0 radical (unpaired) electrons. The van der Waals surface area contributed by atoms with Gasteiger partial charge in [0.15, 0.2) is 0 Å². The number of nitrogens with zero attached hydrogens (tertiary/aromatic N) is 1. The van der Waals surface area contributed by atoms with Crippen LogP contribution in [0.5, 0.6) is 0 Å². The third kappa shape index (κ3) is 4.58. The fraction of sp³-hybridized carbons (Fsp3) is 0.500. The standard InChI is InChI=1S/C16H21F3N2/c1-3-13-4-5-14(10-12(13)2)15-11-21(9-7-20-15)8-6-16(17,18)19/h3-5,10,15,20H,1,6-9,11H2,2H3. The second-order valence-electron chi connectivity index (χ2n) is 5.49. The van der Waals surface area contributed by atoms with E-state index >= 15 is 0 Å². The lowest BCUT2D eigenvalue weighted by Gasteiger charge is -2.34. The molecule has 1 heterocycles. The third-order valence-corrected chi connectivity index (χ3v) is 3.89. The van der Waals surface area contributed by atoms with Crippen LogP contribution >= 0.6 is 0 Å². The maximum Gasteiger partial charge on any atom is 0.390 e. The number of piperazine rings is 1. The lowest BCUT2D eigenvalue weighted by atomic mass is 9.99. The Kier molecular flexibility index (Phi) is 5.06. The van der Waals surface area contributed by atoms with E-state index in [0.29, 0.717) is 19.6 Å². The Hall–Kier alpha value is -1.33. The van der Waals surface area contributed by atoms with Crippen molar-refractivity contribution in [1.29, 1.82) is 0 Å². The Morgan fingerprint density at radius 3 is 2.81 bits per heavy atom. The first kappa shape index (κ1) is 16.0. The average Bonchev–Trinajstić information content (AvgIpc) is 2.44. The number of nitrogens with one attached hydrogen (secondary N) is 1. The first-order valence-corrected chi connectivity index (χ1v) is 7.14. The number of alkyl halides is 3. The van der Waals surface area contributed by atoms with Crippen LogP contribution < -0.4 is 5.32 Å². The number of aryl methyl sites for hydroxylation is 1. The highest BCUT2D eigenvalue weighted by atomic mass is 19.4. The summed E-state index contributed by atoms with van der Waals surface area (Å²) in [4.78, 5) is 1.88. The monoisotopic (exact) mass is 298 g/mol. The average molecular weight is 298 g/mol. The molecule has 1 aliphatic heterocycles. The van der Waals surface area contributed by atoms with Crippen molar-refractivity contribution in [2.24, 2.45) is 0 Å². The number of hydrogen-bond acceptors (Lipinski definition) is 2. The molecular formula is C16H21F3N2. The van der Waals surface area contributed by atoms with Crippen molar-refractivity contribution < 1.29 is 13.2 Å². The summed E-state index contributed by atoms with van der Waals surface area (Å²) in [5.41, 5.74) is 3.34. The number of rotatable bonds is 4. The smallest absolute Gasteiger partial charge is 0.308 e. The number of halogens is 3. The summed E-state index contributed by atoms with van der Waals surface area (Å²) in [5, 5.41) is 3.38. The van der Waals surface area contributed by atoms with Crippen molar-refractivity contribution in [3.63, 3.8) is 0 Å². The van der Waals surface area contributed by atoms with Gasteiger partial charge in [0, 0.05) is 32.2 Å². The van der Waals surface area contributed by atoms with E-state index < -0.39 is 12.6 Å². The highest BCUT2D eigenvalue weighted by molar-refractivity contribution is 5.52. The van der Waals surface area contributed by atoms with Crippen LogP contribution in [0.2, 0.25) is 0 Å². The van der Waals surface area contributed by atoms with E-state index in [4.69, 9.17) is 0 Å². The van der Waals surface area contributed by atoms with Gasteiger partial charge in [-0.15, -0.1) is 0 Å². The fourth-order valence-electron chi connectivity index (χ4n) is 2.67. The summed E-state index contributed by atoms with van der Waals surface area (Å²) in [6.45, 7) is 7.85. The molecule has 21 heavy (non-hydrogen) atoms. The molecule has 0 amide bonds. The summed E-state index contributed by atoms with van der Waals surface area (Å²) in [5.74, 6) is 0. The minimum Gasteiger partial charge on any atom is -0.308 e. The van der Waals surface area contributed by atoms with Crippen LogP contribution in [0.15, 0.2) is 24.8 Å². The molecule has 1 fully saturated rings. The molecule has 1 aliphatic rings. The van der Waals surface area contributed by atoms with Gasteiger partial charge in [-0.3, -0.25) is 4.90 Å². The van der Waals surface area contributed by atoms with E-state index in [9.17, 15) is 13.2 Å². The Morgan fingerprint density at radius 2 is 2.19 bits per heavy atom. The highest BCUT2D eigenvalue weighted by Gasteiger charge is 2.29. The molecule has 0 aromatic heterocycles.